The largest absolute Gasteiger partial charge is 0.382 e. The van der Waals surface area contributed by atoms with Gasteiger partial charge in [-0.1, -0.05) is 18.9 Å². The minimum Gasteiger partial charge on any atom is -0.382 e. The standard InChI is InChI=1S/C18H25N3/c1-13-8-9-14(12-19)11-18(13)21-17-7-4-5-15(17)16-6-2-3-10-20-16/h8-9,11,15-17,20-21H,2-7,10H2,1H3. The van der Waals surface area contributed by atoms with E-state index in [1.807, 2.05) is 18.2 Å². The lowest BCUT2D eigenvalue weighted by Gasteiger charge is -2.33. The van der Waals surface area contributed by atoms with Gasteiger partial charge < -0.3 is 10.6 Å². The van der Waals surface area contributed by atoms with Crippen LogP contribution in [0.2, 0.25) is 0 Å². The van der Waals surface area contributed by atoms with Crippen molar-refractivity contribution in [3.63, 3.8) is 0 Å². The molecule has 2 aliphatic rings. The number of aryl methyl sites for hydroxylation is 1. The van der Waals surface area contributed by atoms with Gasteiger partial charge in [0.15, 0.2) is 0 Å². The number of rotatable bonds is 3. The van der Waals surface area contributed by atoms with Crippen LogP contribution in [0.5, 0.6) is 0 Å². The van der Waals surface area contributed by atoms with E-state index in [1.165, 1.54) is 50.6 Å². The number of piperidine rings is 1. The molecule has 21 heavy (non-hydrogen) atoms. The van der Waals surface area contributed by atoms with Crippen molar-refractivity contribution in [2.45, 2.75) is 57.5 Å². The van der Waals surface area contributed by atoms with E-state index in [1.54, 1.807) is 0 Å². The number of anilines is 1. The van der Waals surface area contributed by atoms with Crippen molar-refractivity contribution in [3.05, 3.63) is 29.3 Å². The van der Waals surface area contributed by atoms with Gasteiger partial charge in [-0.05, 0) is 62.8 Å². The van der Waals surface area contributed by atoms with E-state index in [2.05, 4.69) is 23.6 Å². The summed E-state index contributed by atoms with van der Waals surface area (Å²) >= 11 is 0. The molecule has 1 aromatic carbocycles. The molecule has 3 rings (SSSR count). The second-order valence-corrected chi connectivity index (χ2v) is 6.54. The average molecular weight is 283 g/mol. The molecule has 0 aromatic heterocycles. The topological polar surface area (TPSA) is 47.9 Å². The van der Waals surface area contributed by atoms with E-state index in [9.17, 15) is 0 Å². The molecule has 2 fully saturated rings. The van der Waals surface area contributed by atoms with Gasteiger partial charge in [0.2, 0.25) is 0 Å². The van der Waals surface area contributed by atoms with Gasteiger partial charge in [-0.15, -0.1) is 0 Å². The highest BCUT2D eigenvalue weighted by Gasteiger charge is 2.34. The van der Waals surface area contributed by atoms with Crippen LogP contribution >= 0.6 is 0 Å². The molecule has 0 spiro atoms. The Kier molecular flexibility index (Phi) is 4.45. The Morgan fingerprint density at radius 2 is 2.10 bits per heavy atom. The quantitative estimate of drug-likeness (QED) is 0.891. The average Bonchev–Trinajstić information content (AvgIpc) is 2.98. The first-order valence-corrected chi connectivity index (χ1v) is 8.28. The summed E-state index contributed by atoms with van der Waals surface area (Å²) in [6.45, 7) is 3.29. The second kappa shape index (κ2) is 6.49. The molecular weight excluding hydrogens is 258 g/mol. The van der Waals surface area contributed by atoms with Crippen LogP contribution in [-0.4, -0.2) is 18.6 Å². The molecule has 1 aliphatic carbocycles. The molecule has 1 aliphatic heterocycles. The Balaban J connectivity index is 1.72. The molecule has 3 heteroatoms. The molecule has 0 radical (unpaired) electrons. The summed E-state index contributed by atoms with van der Waals surface area (Å²) in [4.78, 5) is 0. The van der Waals surface area contributed by atoms with Gasteiger partial charge in [0.25, 0.3) is 0 Å². The molecule has 1 saturated heterocycles. The fraction of sp³-hybridized carbons (Fsp3) is 0.611. The van der Waals surface area contributed by atoms with E-state index in [-0.39, 0.29) is 0 Å². The lowest BCUT2D eigenvalue weighted by molar-refractivity contribution is 0.286. The third-order valence-corrected chi connectivity index (χ3v) is 5.14. The summed E-state index contributed by atoms with van der Waals surface area (Å²) in [5.74, 6) is 0.732. The Hall–Kier alpha value is -1.53. The Bertz CT molecular complexity index is 526. The molecule has 1 aromatic rings. The lowest BCUT2D eigenvalue weighted by Crippen LogP contribution is -2.44. The fourth-order valence-electron chi connectivity index (χ4n) is 3.94. The first kappa shape index (κ1) is 14.4. The van der Waals surface area contributed by atoms with Crippen molar-refractivity contribution >= 4 is 5.69 Å². The van der Waals surface area contributed by atoms with Gasteiger partial charge in [0.1, 0.15) is 0 Å². The van der Waals surface area contributed by atoms with Crippen molar-refractivity contribution in [3.8, 4) is 6.07 Å². The molecule has 3 atom stereocenters. The summed E-state index contributed by atoms with van der Waals surface area (Å²) in [6, 6.07) is 9.41. The first-order chi connectivity index (χ1) is 10.3. The van der Waals surface area contributed by atoms with Crippen LogP contribution in [0, 0.1) is 24.2 Å². The zero-order chi connectivity index (χ0) is 14.7. The van der Waals surface area contributed by atoms with Crippen molar-refractivity contribution in [2.75, 3.05) is 11.9 Å². The summed E-state index contributed by atoms with van der Waals surface area (Å²) < 4.78 is 0. The zero-order valence-corrected chi connectivity index (χ0v) is 12.9. The summed E-state index contributed by atoms with van der Waals surface area (Å²) in [5, 5.41) is 16.5. The van der Waals surface area contributed by atoms with Crippen LogP contribution in [0.4, 0.5) is 5.69 Å². The van der Waals surface area contributed by atoms with Gasteiger partial charge in [0, 0.05) is 17.8 Å². The fourth-order valence-corrected chi connectivity index (χ4v) is 3.94. The molecule has 1 saturated carbocycles. The first-order valence-electron chi connectivity index (χ1n) is 8.28. The van der Waals surface area contributed by atoms with E-state index >= 15 is 0 Å². The predicted molar refractivity (Wildman–Crippen MR) is 86.3 cm³/mol. The number of nitriles is 1. The van der Waals surface area contributed by atoms with Gasteiger partial charge >= 0.3 is 0 Å². The van der Waals surface area contributed by atoms with E-state index in [0.29, 0.717) is 12.1 Å². The van der Waals surface area contributed by atoms with E-state index in [4.69, 9.17) is 5.26 Å². The van der Waals surface area contributed by atoms with Crippen molar-refractivity contribution in [1.29, 1.82) is 5.26 Å². The summed E-state index contributed by atoms with van der Waals surface area (Å²) in [6.07, 6.45) is 7.90. The molecule has 2 N–H and O–H groups in total. The monoisotopic (exact) mass is 283 g/mol. The highest BCUT2D eigenvalue weighted by Crippen LogP contribution is 2.34. The maximum absolute atomic E-state index is 9.08. The lowest BCUT2D eigenvalue weighted by atomic mass is 9.88. The highest BCUT2D eigenvalue weighted by molar-refractivity contribution is 5.55. The molecule has 0 bridgehead atoms. The molecule has 112 valence electrons. The Morgan fingerprint density at radius 1 is 1.19 bits per heavy atom. The maximum atomic E-state index is 9.08. The van der Waals surface area contributed by atoms with Gasteiger partial charge in [-0.3, -0.25) is 0 Å². The van der Waals surface area contributed by atoms with Gasteiger partial charge in [-0.2, -0.15) is 5.26 Å². The molecule has 3 nitrogen and oxygen atoms in total. The Labute approximate surface area is 127 Å². The number of hydrogen-bond acceptors (Lipinski definition) is 3. The van der Waals surface area contributed by atoms with Gasteiger partial charge in [-0.25, -0.2) is 0 Å². The van der Waals surface area contributed by atoms with Crippen molar-refractivity contribution in [2.24, 2.45) is 5.92 Å². The summed E-state index contributed by atoms with van der Waals surface area (Å²) in [5.41, 5.74) is 3.12. The van der Waals surface area contributed by atoms with Crippen LogP contribution in [0.1, 0.15) is 49.7 Å². The molecule has 1 heterocycles. The second-order valence-electron chi connectivity index (χ2n) is 6.54. The van der Waals surface area contributed by atoms with Crippen LogP contribution in [0.15, 0.2) is 18.2 Å². The van der Waals surface area contributed by atoms with E-state index in [0.717, 1.165) is 17.2 Å². The molecule has 0 amide bonds. The van der Waals surface area contributed by atoms with Crippen molar-refractivity contribution in [1.82, 2.24) is 5.32 Å². The summed E-state index contributed by atoms with van der Waals surface area (Å²) in [7, 11) is 0. The predicted octanol–water partition coefficient (Wildman–Crippen LogP) is 3.59. The van der Waals surface area contributed by atoms with Gasteiger partial charge in [0.05, 0.1) is 11.6 Å². The van der Waals surface area contributed by atoms with E-state index < -0.39 is 0 Å². The number of benzene rings is 1. The SMILES string of the molecule is Cc1ccc(C#N)cc1NC1CCCC1C1CCCCN1. The number of nitrogens with one attached hydrogen (secondary N) is 2. The smallest absolute Gasteiger partial charge is 0.0992 e. The molecular formula is C18H25N3. The highest BCUT2D eigenvalue weighted by atomic mass is 15.0. The van der Waals surface area contributed by atoms with Crippen LogP contribution in [0.25, 0.3) is 0 Å². The normalized spacial score (nSPS) is 29.0. The third kappa shape index (κ3) is 3.22. The van der Waals surface area contributed by atoms with Crippen LogP contribution in [-0.2, 0) is 0 Å². The zero-order valence-electron chi connectivity index (χ0n) is 12.9. The maximum Gasteiger partial charge on any atom is 0.0992 e. The minimum absolute atomic E-state index is 0.549. The Morgan fingerprint density at radius 3 is 2.86 bits per heavy atom. The molecule has 3 unspecified atom stereocenters. The minimum atomic E-state index is 0.549. The number of hydrogen-bond donors (Lipinski definition) is 2. The third-order valence-electron chi connectivity index (χ3n) is 5.14. The van der Waals surface area contributed by atoms with Crippen LogP contribution in [0.3, 0.4) is 0 Å². The van der Waals surface area contributed by atoms with Crippen LogP contribution < -0.4 is 10.6 Å². The number of nitrogens with zero attached hydrogens (tertiary/aromatic N) is 1. The van der Waals surface area contributed by atoms with Crippen molar-refractivity contribution < 1.29 is 0 Å².